The summed E-state index contributed by atoms with van der Waals surface area (Å²) in [6.45, 7) is 0. The Bertz CT molecular complexity index is 482. The lowest BCUT2D eigenvalue weighted by Crippen LogP contribution is -2.16. The lowest BCUT2D eigenvalue weighted by molar-refractivity contribution is 0.0692. The van der Waals surface area contributed by atoms with Crippen LogP contribution in [0.5, 0.6) is 0 Å². The molecule has 0 saturated heterocycles. The molecular weight excluding hydrogens is 321 g/mol. The lowest BCUT2D eigenvalue weighted by atomic mass is 10.2. The monoisotopic (exact) mass is 327 g/mol. The Kier molecular flexibility index (Phi) is 3.12. The van der Waals surface area contributed by atoms with Gasteiger partial charge in [0, 0.05) is 3.57 Å². The van der Waals surface area contributed by atoms with Crippen LogP contribution in [0, 0.1) is 3.57 Å². The fraction of sp³-hybridized carbons (Fsp3) is 0. The fourth-order valence-corrected chi connectivity index (χ4v) is 2.36. The van der Waals surface area contributed by atoms with Gasteiger partial charge in [0.15, 0.2) is 0 Å². The number of aromatic carboxylic acids is 1. The molecule has 0 aromatic heterocycles. The summed E-state index contributed by atoms with van der Waals surface area (Å²) >= 11 is 1.87. The molecule has 7 heteroatoms. The fourth-order valence-electron chi connectivity index (χ4n) is 0.908. The molecule has 0 heterocycles. The quantitative estimate of drug-likeness (QED) is 0.779. The number of benzene rings is 1. The predicted octanol–water partition coefficient (Wildman–Crippen LogP) is 0.637. The molecule has 1 aromatic rings. The minimum atomic E-state index is -3.99. The van der Waals surface area contributed by atoms with Gasteiger partial charge in [-0.3, -0.25) is 0 Å². The molecule has 76 valence electrons. The van der Waals surface area contributed by atoms with E-state index in [0.717, 1.165) is 0 Å². The largest absolute Gasteiger partial charge is 0.478 e. The first-order valence-corrected chi connectivity index (χ1v) is 6.00. The highest BCUT2D eigenvalue weighted by molar-refractivity contribution is 14.1. The van der Waals surface area contributed by atoms with Crippen molar-refractivity contribution in [2.24, 2.45) is 5.14 Å². The van der Waals surface area contributed by atoms with Gasteiger partial charge in [-0.15, -0.1) is 0 Å². The average Bonchev–Trinajstić information content (AvgIpc) is 2.01. The van der Waals surface area contributed by atoms with Gasteiger partial charge in [-0.25, -0.2) is 18.4 Å². The molecule has 0 aliphatic rings. The highest BCUT2D eigenvalue weighted by atomic mass is 127. The van der Waals surface area contributed by atoms with Gasteiger partial charge < -0.3 is 5.11 Å². The Morgan fingerprint density at radius 3 is 2.43 bits per heavy atom. The molecule has 0 atom stereocenters. The Labute approximate surface area is 94.1 Å². The second-order valence-electron chi connectivity index (χ2n) is 2.49. The molecule has 0 saturated carbocycles. The minimum Gasteiger partial charge on any atom is -0.478 e. The van der Waals surface area contributed by atoms with E-state index < -0.39 is 16.0 Å². The van der Waals surface area contributed by atoms with E-state index in [9.17, 15) is 13.2 Å². The first kappa shape index (κ1) is 11.4. The van der Waals surface area contributed by atoms with E-state index >= 15 is 0 Å². The number of nitrogens with two attached hydrogens (primary N) is 1. The SMILES string of the molecule is NS(=O)(=O)c1cc(I)ccc1C(=O)O. The lowest BCUT2D eigenvalue weighted by Gasteiger charge is -2.03. The summed E-state index contributed by atoms with van der Waals surface area (Å²) in [4.78, 5) is 10.3. The summed E-state index contributed by atoms with van der Waals surface area (Å²) < 4.78 is 22.7. The van der Waals surface area contributed by atoms with Crippen LogP contribution in [0.25, 0.3) is 0 Å². The molecule has 5 nitrogen and oxygen atoms in total. The van der Waals surface area contributed by atoms with Crippen LogP contribution in [0.1, 0.15) is 10.4 Å². The van der Waals surface area contributed by atoms with Crippen LogP contribution in [0.15, 0.2) is 23.1 Å². The molecule has 1 rings (SSSR count). The molecule has 0 bridgehead atoms. The highest BCUT2D eigenvalue weighted by Crippen LogP contribution is 2.17. The van der Waals surface area contributed by atoms with Crippen molar-refractivity contribution >= 4 is 38.6 Å². The zero-order valence-electron chi connectivity index (χ0n) is 6.77. The van der Waals surface area contributed by atoms with Crippen LogP contribution in [0.2, 0.25) is 0 Å². The van der Waals surface area contributed by atoms with Gasteiger partial charge in [-0.1, -0.05) is 0 Å². The number of hydrogen-bond acceptors (Lipinski definition) is 3. The smallest absolute Gasteiger partial charge is 0.337 e. The van der Waals surface area contributed by atoms with Gasteiger partial charge in [0.2, 0.25) is 10.0 Å². The number of halogens is 1. The van der Waals surface area contributed by atoms with Crippen LogP contribution in [-0.4, -0.2) is 19.5 Å². The Morgan fingerprint density at radius 1 is 1.43 bits per heavy atom. The Hall–Kier alpha value is -0.670. The van der Waals surface area contributed by atoms with E-state index in [1.165, 1.54) is 18.2 Å². The van der Waals surface area contributed by atoms with E-state index in [1.807, 2.05) is 22.6 Å². The Morgan fingerprint density at radius 2 is 2.00 bits per heavy atom. The van der Waals surface area contributed by atoms with E-state index in [2.05, 4.69) is 0 Å². The summed E-state index contributed by atoms with van der Waals surface area (Å²) in [6, 6.07) is 3.93. The predicted molar refractivity (Wildman–Crippen MR) is 57.5 cm³/mol. The summed E-state index contributed by atoms with van der Waals surface area (Å²) in [5.41, 5.74) is -0.312. The van der Waals surface area contributed by atoms with Crippen molar-refractivity contribution in [2.75, 3.05) is 0 Å². The van der Waals surface area contributed by atoms with Crippen molar-refractivity contribution in [3.05, 3.63) is 27.3 Å². The minimum absolute atomic E-state index is 0.312. The van der Waals surface area contributed by atoms with Gasteiger partial charge in [-0.05, 0) is 40.8 Å². The molecular formula is C7H6INO4S. The molecule has 1 aromatic carbocycles. The molecule has 14 heavy (non-hydrogen) atoms. The second-order valence-corrected chi connectivity index (χ2v) is 5.27. The molecule has 0 unspecified atom stereocenters. The maximum atomic E-state index is 11.0. The number of sulfonamides is 1. The van der Waals surface area contributed by atoms with Gasteiger partial charge >= 0.3 is 5.97 Å². The van der Waals surface area contributed by atoms with Crippen LogP contribution in [-0.2, 0) is 10.0 Å². The van der Waals surface area contributed by atoms with E-state index in [4.69, 9.17) is 10.2 Å². The van der Waals surface area contributed by atoms with Crippen LogP contribution < -0.4 is 5.14 Å². The Balaban J connectivity index is 3.54. The summed E-state index contributed by atoms with van der Waals surface area (Å²) in [5, 5.41) is 13.6. The van der Waals surface area contributed by atoms with Gasteiger partial charge in [0.1, 0.15) is 0 Å². The van der Waals surface area contributed by atoms with Crippen molar-refractivity contribution in [3.63, 3.8) is 0 Å². The zero-order valence-corrected chi connectivity index (χ0v) is 9.74. The maximum absolute atomic E-state index is 11.0. The summed E-state index contributed by atoms with van der Waals surface area (Å²) in [6.07, 6.45) is 0. The van der Waals surface area contributed by atoms with Crippen LogP contribution in [0.4, 0.5) is 0 Å². The first-order chi connectivity index (χ1) is 6.32. The van der Waals surface area contributed by atoms with Crippen LogP contribution in [0.3, 0.4) is 0 Å². The van der Waals surface area contributed by atoms with E-state index in [-0.39, 0.29) is 10.5 Å². The van der Waals surface area contributed by atoms with Crippen molar-refractivity contribution in [2.45, 2.75) is 4.90 Å². The average molecular weight is 327 g/mol. The number of carboxylic acid groups (broad SMARTS) is 1. The van der Waals surface area contributed by atoms with Crippen molar-refractivity contribution < 1.29 is 18.3 Å². The molecule has 0 aliphatic heterocycles. The third-order valence-electron chi connectivity index (χ3n) is 1.48. The molecule has 0 amide bonds. The molecule has 0 fully saturated rings. The molecule has 3 N–H and O–H groups in total. The molecule has 0 spiro atoms. The third-order valence-corrected chi connectivity index (χ3v) is 3.10. The number of carbonyl (C=O) groups is 1. The summed E-state index contributed by atoms with van der Waals surface area (Å²) in [5.74, 6) is -1.31. The molecule has 0 aliphatic carbocycles. The third kappa shape index (κ3) is 2.42. The topological polar surface area (TPSA) is 97.5 Å². The van der Waals surface area contributed by atoms with Gasteiger partial charge in [0.05, 0.1) is 10.5 Å². The zero-order chi connectivity index (χ0) is 10.9. The standard InChI is InChI=1S/C7H6INO4S/c8-4-1-2-5(7(10)11)6(3-4)14(9,12)13/h1-3H,(H,10,11)(H2,9,12,13). The maximum Gasteiger partial charge on any atom is 0.337 e. The number of primary sulfonamides is 1. The number of rotatable bonds is 2. The van der Waals surface area contributed by atoms with E-state index in [0.29, 0.717) is 3.57 Å². The second kappa shape index (κ2) is 3.83. The van der Waals surface area contributed by atoms with Crippen molar-refractivity contribution in [3.8, 4) is 0 Å². The van der Waals surface area contributed by atoms with Crippen molar-refractivity contribution in [1.82, 2.24) is 0 Å². The van der Waals surface area contributed by atoms with E-state index in [1.54, 1.807) is 0 Å². The summed E-state index contributed by atoms with van der Waals surface area (Å²) in [7, 11) is -3.99. The van der Waals surface area contributed by atoms with Gasteiger partial charge in [-0.2, -0.15) is 0 Å². The normalized spacial score (nSPS) is 11.3. The first-order valence-electron chi connectivity index (χ1n) is 3.38. The van der Waals surface area contributed by atoms with Gasteiger partial charge in [0.25, 0.3) is 0 Å². The highest BCUT2D eigenvalue weighted by Gasteiger charge is 2.18. The number of carboxylic acids is 1. The van der Waals surface area contributed by atoms with Crippen LogP contribution >= 0.6 is 22.6 Å². The number of hydrogen-bond donors (Lipinski definition) is 2. The van der Waals surface area contributed by atoms with Crippen molar-refractivity contribution in [1.29, 1.82) is 0 Å². The molecule has 0 radical (unpaired) electrons.